The molecule has 1 heterocycles. The van der Waals surface area contributed by atoms with Gasteiger partial charge in [0.2, 0.25) is 0 Å². The molecule has 0 bridgehead atoms. The molecule has 0 radical (unpaired) electrons. The van der Waals surface area contributed by atoms with Crippen LogP contribution in [0.15, 0.2) is 12.2 Å². The Labute approximate surface area is 118 Å². The van der Waals surface area contributed by atoms with E-state index in [2.05, 4.69) is 0 Å². The van der Waals surface area contributed by atoms with Gasteiger partial charge in [-0.2, -0.15) is 0 Å². The maximum atomic E-state index is 12.0. The largest absolute Gasteiger partial charge is 0.461 e. The maximum absolute atomic E-state index is 12.0. The fourth-order valence-electron chi connectivity index (χ4n) is 3.13. The quantitative estimate of drug-likeness (QED) is 0.778. The first-order chi connectivity index (χ1) is 9.24. The van der Waals surface area contributed by atoms with Crippen LogP contribution < -0.4 is 0 Å². The number of ketones is 2. The molecule has 2 rings (SSSR count). The summed E-state index contributed by atoms with van der Waals surface area (Å²) in [4.78, 5) is 34.9. The Bertz CT molecular complexity index is 477. The monoisotopic (exact) mass is 280 g/mol. The lowest BCUT2D eigenvalue weighted by Crippen LogP contribution is -2.44. The van der Waals surface area contributed by atoms with Crippen LogP contribution in [0.1, 0.15) is 33.6 Å². The number of aliphatic hydroxyl groups is 1. The normalized spacial score (nSPS) is 40.2. The summed E-state index contributed by atoms with van der Waals surface area (Å²) in [6, 6.07) is 0. The predicted molar refractivity (Wildman–Crippen MR) is 70.7 cm³/mol. The highest BCUT2D eigenvalue weighted by molar-refractivity contribution is 5.97. The van der Waals surface area contributed by atoms with Gasteiger partial charge in [-0.3, -0.25) is 9.59 Å². The Hall–Kier alpha value is -1.49. The number of hydrogen-bond donors (Lipinski definition) is 1. The minimum atomic E-state index is -1.30. The van der Waals surface area contributed by atoms with Gasteiger partial charge in [0.05, 0.1) is 17.4 Å². The zero-order valence-corrected chi connectivity index (χ0v) is 12.0. The third kappa shape index (κ3) is 2.54. The van der Waals surface area contributed by atoms with Gasteiger partial charge in [0.15, 0.2) is 5.78 Å². The minimum absolute atomic E-state index is 0.0398. The van der Waals surface area contributed by atoms with E-state index in [0.717, 1.165) is 0 Å². The van der Waals surface area contributed by atoms with Crippen molar-refractivity contribution in [2.45, 2.75) is 45.3 Å². The standard InChI is InChI=1S/C15H20O5/c1-8(16)4-5-10-9(2)14(18)20-13(10)12-11(17)6-7-15(12,3)19/h6-7,9-10,12-13,19H,4-5H2,1-3H3/t9-,10-,12+,13+,15+/m1/s1. The minimum Gasteiger partial charge on any atom is -0.461 e. The molecule has 1 aliphatic carbocycles. The lowest BCUT2D eigenvalue weighted by atomic mass is 9.76. The van der Waals surface area contributed by atoms with Crippen molar-refractivity contribution >= 4 is 17.5 Å². The molecule has 0 amide bonds. The highest BCUT2D eigenvalue weighted by atomic mass is 16.6. The summed E-state index contributed by atoms with van der Waals surface area (Å²) in [6.45, 7) is 4.78. The van der Waals surface area contributed by atoms with Crippen LogP contribution in [0.25, 0.3) is 0 Å². The van der Waals surface area contributed by atoms with E-state index in [1.54, 1.807) is 6.92 Å². The van der Waals surface area contributed by atoms with Gasteiger partial charge in [0.25, 0.3) is 0 Å². The predicted octanol–water partition coefficient (Wildman–Crippen LogP) is 1.04. The van der Waals surface area contributed by atoms with E-state index in [9.17, 15) is 19.5 Å². The van der Waals surface area contributed by atoms with Crippen molar-refractivity contribution < 1.29 is 24.2 Å². The Morgan fingerprint density at radius 3 is 2.60 bits per heavy atom. The summed E-state index contributed by atoms with van der Waals surface area (Å²) >= 11 is 0. The SMILES string of the molecule is CC(=O)CC[C@H]1[C@@H]([C@@H]2C(=O)C=C[C@]2(C)O)OC(=O)[C@@H]1C. The van der Waals surface area contributed by atoms with Crippen LogP contribution in [0.5, 0.6) is 0 Å². The van der Waals surface area contributed by atoms with Gasteiger partial charge in [-0.1, -0.05) is 6.92 Å². The Kier molecular flexibility index (Phi) is 3.82. The second kappa shape index (κ2) is 5.13. The molecule has 0 saturated carbocycles. The first kappa shape index (κ1) is 14.9. The van der Waals surface area contributed by atoms with Crippen LogP contribution in [0.2, 0.25) is 0 Å². The number of carbonyl (C=O) groups is 3. The molecular weight excluding hydrogens is 260 g/mol. The van der Waals surface area contributed by atoms with Crippen molar-refractivity contribution in [2.75, 3.05) is 0 Å². The number of Topliss-reactive ketones (excluding diaryl/α,β-unsaturated/α-hetero) is 1. The van der Waals surface area contributed by atoms with E-state index >= 15 is 0 Å². The van der Waals surface area contributed by atoms with Crippen molar-refractivity contribution in [2.24, 2.45) is 17.8 Å². The average Bonchev–Trinajstić information content (AvgIpc) is 2.75. The highest BCUT2D eigenvalue weighted by Gasteiger charge is 2.54. The molecule has 0 aromatic carbocycles. The maximum Gasteiger partial charge on any atom is 0.309 e. The number of allylic oxidation sites excluding steroid dienone is 1. The molecule has 1 N–H and O–H groups in total. The molecule has 0 aromatic heterocycles. The zero-order valence-electron chi connectivity index (χ0n) is 12.0. The van der Waals surface area contributed by atoms with Crippen molar-refractivity contribution in [3.05, 3.63) is 12.2 Å². The average molecular weight is 280 g/mol. The fraction of sp³-hybridized carbons (Fsp3) is 0.667. The fourth-order valence-corrected chi connectivity index (χ4v) is 3.13. The van der Waals surface area contributed by atoms with E-state index in [1.165, 1.54) is 26.0 Å². The molecular formula is C15H20O5. The molecule has 0 aromatic rings. The molecule has 5 nitrogen and oxygen atoms in total. The molecule has 2 aliphatic rings. The van der Waals surface area contributed by atoms with Gasteiger partial charge in [-0.25, -0.2) is 0 Å². The number of ether oxygens (including phenoxy) is 1. The first-order valence-electron chi connectivity index (χ1n) is 6.89. The molecule has 1 fully saturated rings. The Balaban J connectivity index is 2.22. The van der Waals surface area contributed by atoms with E-state index in [4.69, 9.17) is 4.74 Å². The van der Waals surface area contributed by atoms with Gasteiger partial charge < -0.3 is 14.6 Å². The molecule has 0 unspecified atom stereocenters. The highest BCUT2D eigenvalue weighted by Crippen LogP contribution is 2.42. The van der Waals surface area contributed by atoms with Crippen molar-refractivity contribution in [3.8, 4) is 0 Å². The first-order valence-corrected chi connectivity index (χ1v) is 6.89. The van der Waals surface area contributed by atoms with Crippen molar-refractivity contribution in [1.82, 2.24) is 0 Å². The molecule has 20 heavy (non-hydrogen) atoms. The van der Waals surface area contributed by atoms with Crippen molar-refractivity contribution in [1.29, 1.82) is 0 Å². The second-order valence-corrected chi connectivity index (χ2v) is 6.03. The smallest absolute Gasteiger partial charge is 0.309 e. The van der Waals surface area contributed by atoms with Gasteiger partial charge in [-0.15, -0.1) is 0 Å². The Morgan fingerprint density at radius 1 is 1.45 bits per heavy atom. The van der Waals surface area contributed by atoms with Gasteiger partial charge in [-0.05, 0) is 32.4 Å². The van der Waals surface area contributed by atoms with Crippen LogP contribution in [-0.2, 0) is 19.1 Å². The second-order valence-electron chi connectivity index (χ2n) is 6.03. The summed E-state index contributed by atoms with van der Waals surface area (Å²) in [6.07, 6.45) is 2.96. The van der Waals surface area contributed by atoms with E-state index in [-0.39, 0.29) is 29.4 Å². The van der Waals surface area contributed by atoms with Crippen LogP contribution in [-0.4, -0.2) is 34.3 Å². The molecule has 5 heteroatoms. The Morgan fingerprint density at radius 2 is 2.10 bits per heavy atom. The van der Waals surface area contributed by atoms with E-state index < -0.39 is 17.6 Å². The molecule has 0 spiro atoms. The van der Waals surface area contributed by atoms with Gasteiger partial charge in [0, 0.05) is 12.3 Å². The van der Waals surface area contributed by atoms with Crippen LogP contribution in [0, 0.1) is 17.8 Å². The number of esters is 1. The molecule has 1 saturated heterocycles. The lowest BCUT2D eigenvalue weighted by Gasteiger charge is -2.31. The number of rotatable bonds is 4. The van der Waals surface area contributed by atoms with Crippen LogP contribution >= 0.6 is 0 Å². The van der Waals surface area contributed by atoms with Crippen LogP contribution in [0.3, 0.4) is 0 Å². The molecule has 5 atom stereocenters. The summed E-state index contributed by atoms with van der Waals surface area (Å²) in [5, 5.41) is 10.3. The third-order valence-electron chi connectivity index (χ3n) is 4.37. The summed E-state index contributed by atoms with van der Waals surface area (Å²) in [7, 11) is 0. The van der Waals surface area contributed by atoms with E-state index in [0.29, 0.717) is 12.8 Å². The van der Waals surface area contributed by atoms with Gasteiger partial charge in [0.1, 0.15) is 11.9 Å². The summed E-state index contributed by atoms with van der Waals surface area (Å²) in [5.41, 5.74) is -1.30. The topological polar surface area (TPSA) is 80.7 Å². The van der Waals surface area contributed by atoms with Gasteiger partial charge >= 0.3 is 5.97 Å². The zero-order chi connectivity index (χ0) is 15.1. The number of hydrogen-bond acceptors (Lipinski definition) is 5. The number of carbonyl (C=O) groups excluding carboxylic acids is 3. The molecule has 110 valence electrons. The van der Waals surface area contributed by atoms with Crippen molar-refractivity contribution in [3.63, 3.8) is 0 Å². The summed E-state index contributed by atoms with van der Waals surface area (Å²) in [5.74, 6) is -1.89. The molecule has 1 aliphatic heterocycles. The summed E-state index contributed by atoms with van der Waals surface area (Å²) < 4.78 is 5.34. The lowest BCUT2D eigenvalue weighted by molar-refractivity contribution is -0.150. The van der Waals surface area contributed by atoms with E-state index in [1.807, 2.05) is 0 Å². The van der Waals surface area contributed by atoms with Crippen LogP contribution in [0.4, 0.5) is 0 Å². The number of cyclic esters (lactones) is 1. The third-order valence-corrected chi connectivity index (χ3v) is 4.37.